The minimum Gasteiger partial charge on any atom is -0.497 e. The smallest absolute Gasteiger partial charge is 0.230 e. The maximum Gasteiger partial charge on any atom is 0.230 e. The van der Waals surface area contributed by atoms with E-state index in [1.165, 1.54) is 11.8 Å². The first-order valence-corrected chi connectivity index (χ1v) is 10.4. The lowest BCUT2D eigenvalue weighted by molar-refractivity contribution is -0.119. The number of nitrogens with zero attached hydrogens (tertiary/aromatic N) is 4. The van der Waals surface area contributed by atoms with E-state index in [-0.39, 0.29) is 17.7 Å². The van der Waals surface area contributed by atoms with Crippen LogP contribution >= 0.6 is 11.8 Å². The summed E-state index contributed by atoms with van der Waals surface area (Å²) in [5.74, 6) is 2.08. The molecule has 3 aromatic rings. The van der Waals surface area contributed by atoms with Crippen molar-refractivity contribution in [2.75, 3.05) is 12.9 Å². The van der Waals surface area contributed by atoms with Crippen molar-refractivity contribution in [2.24, 2.45) is 5.92 Å². The Hall–Kier alpha value is -2.87. The van der Waals surface area contributed by atoms with E-state index in [4.69, 9.17) is 4.74 Å². The lowest BCUT2D eigenvalue weighted by Gasteiger charge is -2.17. The molecule has 1 aromatic carbocycles. The van der Waals surface area contributed by atoms with E-state index in [1.54, 1.807) is 19.5 Å². The summed E-state index contributed by atoms with van der Waals surface area (Å²) < 4.78 is 7.20. The molecule has 1 N–H and O–H groups in total. The predicted molar refractivity (Wildman–Crippen MR) is 114 cm³/mol. The first kappa shape index (κ1) is 20.9. The molecule has 2 aromatic heterocycles. The second-order valence-corrected chi connectivity index (χ2v) is 7.91. The summed E-state index contributed by atoms with van der Waals surface area (Å²) in [5.41, 5.74) is 1.79. The van der Waals surface area contributed by atoms with Gasteiger partial charge >= 0.3 is 0 Å². The molecule has 0 unspecified atom stereocenters. The number of thioether (sulfide) groups is 1. The van der Waals surface area contributed by atoms with Crippen molar-refractivity contribution in [2.45, 2.75) is 32.0 Å². The van der Waals surface area contributed by atoms with Crippen LogP contribution in [-0.2, 0) is 4.79 Å². The third kappa shape index (κ3) is 5.14. The van der Waals surface area contributed by atoms with Gasteiger partial charge in [0, 0.05) is 29.7 Å². The molecule has 0 spiro atoms. The van der Waals surface area contributed by atoms with E-state index in [0.717, 1.165) is 17.0 Å². The molecule has 0 aliphatic rings. The number of methoxy groups -OCH3 is 1. The van der Waals surface area contributed by atoms with Gasteiger partial charge in [0.2, 0.25) is 5.91 Å². The Bertz CT molecular complexity index is 941. The molecule has 0 fully saturated rings. The molecule has 29 heavy (non-hydrogen) atoms. The van der Waals surface area contributed by atoms with Crippen LogP contribution in [0.15, 0.2) is 53.9 Å². The number of carbonyl (C=O) groups excluding carboxylic acids is 1. The van der Waals surface area contributed by atoms with Crippen LogP contribution in [0.5, 0.6) is 5.75 Å². The summed E-state index contributed by atoms with van der Waals surface area (Å²) in [6, 6.07) is 11.5. The first-order chi connectivity index (χ1) is 14.0. The molecule has 0 saturated heterocycles. The van der Waals surface area contributed by atoms with Gasteiger partial charge in [-0.25, -0.2) is 0 Å². The van der Waals surface area contributed by atoms with E-state index in [1.807, 2.05) is 47.9 Å². The van der Waals surface area contributed by atoms with Crippen LogP contribution in [0.4, 0.5) is 0 Å². The lowest BCUT2D eigenvalue weighted by atomic mass is 10.1. The van der Waals surface area contributed by atoms with Crippen LogP contribution in [0.25, 0.3) is 17.1 Å². The molecule has 1 atom stereocenters. The van der Waals surface area contributed by atoms with E-state index >= 15 is 0 Å². The second-order valence-electron chi connectivity index (χ2n) is 6.96. The quantitative estimate of drug-likeness (QED) is 0.571. The van der Waals surface area contributed by atoms with Gasteiger partial charge in [-0.05, 0) is 49.2 Å². The Balaban J connectivity index is 1.89. The predicted octanol–water partition coefficient (Wildman–Crippen LogP) is 3.59. The highest BCUT2D eigenvalue weighted by Crippen LogP contribution is 2.28. The van der Waals surface area contributed by atoms with Crippen molar-refractivity contribution >= 4 is 17.7 Å². The van der Waals surface area contributed by atoms with Gasteiger partial charge in [-0.2, -0.15) is 0 Å². The average Bonchev–Trinajstić information content (AvgIpc) is 3.16. The Labute approximate surface area is 174 Å². The molecule has 0 radical (unpaired) electrons. The number of hydrogen-bond acceptors (Lipinski definition) is 6. The standard InChI is InChI=1S/C21H25N5O2S/c1-14(2)15(3)23-19(27)13-29-21-25-24-20(16-9-11-22-12-10-16)26(21)17-5-7-18(28-4)8-6-17/h5-12,14-15H,13H2,1-4H3,(H,23,27)/t15-/m1/s1. The summed E-state index contributed by atoms with van der Waals surface area (Å²) in [5, 5.41) is 12.4. The Kier molecular flexibility index (Phi) is 6.87. The van der Waals surface area contributed by atoms with Crippen molar-refractivity contribution in [1.82, 2.24) is 25.1 Å². The Morgan fingerprint density at radius 1 is 1.10 bits per heavy atom. The average molecular weight is 412 g/mol. The van der Waals surface area contributed by atoms with Gasteiger partial charge in [-0.1, -0.05) is 25.6 Å². The molecule has 2 heterocycles. The number of carbonyl (C=O) groups is 1. The number of hydrogen-bond donors (Lipinski definition) is 1. The Morgan fingerprint density at radius 2 is 1.79 bits per heavy atom. The number of ether oxygens (including phenoxy) is 1. The van der Waals surface area contributed by atoms with Crippen molar-refractivity contribution in [3.8, 4) is 22.8 Å². The molecule has 0 aliphatic heterocycles. The summed E-state index contributed by atoms with van der Waals surface area (Å²) in [6.07, 6.45) is 3.44. The van der Waals surface area contributed by atoms with E-state index in [0.29, 0.717) is 16.9 Å². The zero-order valence-electron chi connectivity index (χ0n) is 17.0. The van der Waals surface area contributed by atoms with Crippen molar-refractivity contribution in [3.05, 3.63) is 48.8 Å². The van der Waals surface area contributed by atoms with Gasteiger partial charge in [0.05, 0.1) is 12.9 Å². The minimum atomic E-state index is -0.0223. The maximum atomic E-state index is 12.3. The van der Waals surface area contributed by atoms with Crippen LogP contribution in [-0.4, -0.2) is 44.6 Å². The van der Waals surface area contributed by atoms with Crippen molar-refractivity contribution in [3.63, 3.8) is 0 Å². The molecule has 3 rings (SSSR count). The lowest BCUT2D eigenvalue weighted by Crippen LogP contribution is -2.37. The van der Waals surface area contributed by atoms with Crippen LogP contribution in [0.3, 0.4) is 0 Å². The monoisotopic (exact) mass is 411 g/mol. The van der Waals surface area contributed by atoms with E-state index in [2.05, 4.69) is 34.3 Å². The van der Waals surface area contributed by atoms with E-state index < -0.39 is 0 Å². The molecule has 0 aliphatic carbocycles. The molecule has 0 saturated carbocycles. The molecular weight excluding hydrogens is 386 g/mol. The first-order valence-electron chi connectivity index (χ1n) is 9.42. The number of pyridine rings is 1. The van der Waals surface area contributed by atoms with Crippen LogP contribution < -0.4 is 10.1 Å². The third-order valence-electron chi connectivity index (χ3n) is 4.62. The van der Waals surface area contributed by atoms with Crippen LogP contribution in [0, 0.1) is 5.92 Å². The summed E-state index contributed by atoms with van der Waals surface area (Å²) in [6.45, 7) is 6.17. The van der Waals surface area contributed by atoms with Crippen LogP contribution in [0.2, 0.25) is 0 Å². The fraction of sp³-hybridized carbons (Fsp3) is 0.333. The second kappa shape index (κ2) is 9.56. The minimum absolute atomic E-state index is 0.0223. The number of benzene rings is 1. The van der Waals surface area contributed by atoms with Gasteiger partial charge in [0.15, 0.2) is 11.0 Å². The Morgan fingerprint density at radius 3 is 2.41 bits per heavy atom. The van der Waals surface area contributed by atoms with E-state index in [9.17, 15) is 4.79 Å². The van der Waals surface area contributed by atoms with Gasteiger partial charge < -0.3 is 10.1 Å². The molecule has 152 valence electrons. The van der Waals surface area contributed by atoms with Crippen molar-refractivity contribution < 1.29 is 9.53 Å². The van der Waals surface area contributed by atoms with Gasteiger partial charge in [-0.3, -0.25) is 14.3 Å². The van der Waals surface area contributed by atoms with Gasteiger partial charge in [0.1, 0.15) is 5.75 Å². The van der Waals surface area contributed by atoms with Gasteiger partial charge in [-0.15, -0.1) is 10.2 Å². The third-order valence-corrected chi connectivity index (χ3v) is 5.55. The fourth-order valence-corrected chi connectivity index (χ4v) is 3.37. The fourth-order valence-electron chi connectivity index (χ4n) is 2.61. The van der Waals surface area contributed by atoms with Crippen molar-refractivity contribution in [1.29, 1.82) is 0 Å². The highest BCUT2D eigenvalue weighted by Gasteiger charge is 2.18. The summed E-state index contributed by atoms with van der Waals surface area (Å²) >= 11 is 1.36. The van der Waals surface area contributed by atoms with Crippen LogP contribution in [0.1, 0.15) is 20.8 Å². The zero-order valence-corrected chi connectivity index (χ0v) is 17.8. The molecular formula is C21H25N5O2S. The normalized spacial score (nSPS) is 12.0. The largest absolute Gasteiger partial charge is 0.497 e. The SMILES string of the molecule is COc1ccc(-n2c(SCC(=O)N[C@H](C)C(C)C)nnc2-c2ccncc2)cc1. The maximum absolute atomic E-state index is 12.3. The molecule has 7 nitrogen and oxygen atoms in total. The number of nitrogens with one attached hydrogen (secondary N) is 1. The summed E-state index contributed by atoms with van der Waals surface area (Å²) in [7, 11) is 1.63. The molecule has 8 heteroatoms. The number of rotatable bonds is 8. The highest BCUT2D eigenvalue weighted by atomic mass is 32.2. The topological polar surface area (TPSA) is 81.9 Å². The number of amides is 1. The van der Waals surface area contributed by atoms with Gasteiger partial charge in [0.25, 0.3) is 0 Å². The molecule has 1 amide bonds. The molecule has 0 bridgehead atoms. The highest BCUT2D eigenvalue weighted by molar-refractivity contribution is 7.99. The number of aromatic nitrogens is 4. The zero-order chi connectivity index (χ0) is 20.8. The summed E-state index contributed by atoms with van der Waals surface area (Å²) in [4.78, 5) is 16.4.